The Bertz CT molecular complexity index is 903. The number of hydrogen-bond acceptors (Lipinski definition) is 2. The van der Waals surface area contributed by atoms with Crippen molar-refractivity contribution in [3.05, 3.63) is 101 Å². The molecule has 0 saturated carbocycles. The van der Waals surface area contributed by atoms with Gasteiger partial charge in [-0.3, -0.25) is 4.79 Å². The maximum atomic E-state index is 12.4. The van der Waals surface area contributed by atoms with Crippen LogP contribution in [0, 0.1) is 0 Å². The monoisotopic (exact) mass is 375 g/mol. The van der Waals surface area contributed by atoms with E-state index < -0.39 is 0 Å². The Labute approximate surface area is 165 Å². The van der Waals surface area contributed by atoms with E-state index in [2.05, 4.69) is 59.5 Å². The molecule has 1 aliphatic rings. The van der Waals surface area contributed by atoms with Gasteiger partial charge in [0.25, 0.3) is 0 Å². The number of hydrogen-bond donors (Lipinski definition) is 0. The minimum Gasteiger partial charge on any atom is -0.371 e. The summed E-state index contributed by atoms with van der Waals surface area (Å²) in [7, 11) is 0. The molecule has 0 aromatic heterocycles. The lowest BCUT2D eigenvalue weighted by Crippen LogP contribution is -2.18. The maximum absolute atomic E-state index is 12.4. The number of carbonyl (C=O) groups is 1. The van der Waals surface area contributed by atoms with Crippen molar-refractivity contribution in [2.45, 2.75) is 18.8 Å². The molecule has 3 aromatic carbocycles. The smallest absolute Gasteiger partial charge is 0.167 e. The maximum Gasteiger partial charge on any atom is 0.167 e. The van der Waals surface area contributed by atoms with E-state index in [9.17, 15) is 4.79 Å². The van der Waals surface area contributed by atoms with Gasteiger partial charge < -0.3 is 4.90 Å². The van der Waals surface area contributed by atoms with E-state index >= 15 is 0 Å². The van der Waals surface area contributed by atoms with Gasteiger partial charge in [0.15, 0.2) is 5.78 Å². The predicted octanol–water partition coefficient (Wildman–Crippen LogP) is 5.76. The van der Waals surface area contributed by atoms with E-state index in [-0.39, 0.29) is 5.78 Å². The summed E-state index contributed by atoms with van der Waals surface area (Å²) in [6, 6.07) is 26.2. The van der Waals surface area contributed by atoms with Crippen LogP contribution in [-0.4, -0.2) is 18.9 Å². The first-order chi connectivity index (χ1) is 13.2. The minimum absolute atomic E-state index is 0.121. The van der Waals surface area contributed by atoms with Gasteiger partial charge in [-0.1, -0.05) is 54.1 Å². The highest BCUT2D eigenvalue weighted by atomic mass is 35.5. The molecule has 2 nitrogen and oxygen atoms in total. The van der Waals surface area contributed by atoms with Crippen molar-refractivity contribution < 1.29 is 4.79 Å². The molecule has 3 aromatic rings. The Kier molecular flexibility index (Phi) is 5.26. The summed E-state index contributed by atoms with van der Waals surface area (Å²) >= 11 is 5.89. The van der Waals surface area contributed by atoms with Crippen LogP contribution in [0.15, 0.2) is 78.9 Å². The van der Waals surface area contributed by atoms with Gasteiger partial charge in [-0.05, 0) is 53.9 Å². The summed E-state index contributed by atoms with van der Waals surface area (Å²) in [5, 5.41) is 0.650. The molecule has 1 heterocycles. The quantitative estimate of drug-likeness (QED) is 0.528. The van der Waals surface area contributed by atoms with Crippen molar-refractivity contribution in [3.8, 4) is 0 Å². The highest BCUT2D eigenvalue weighted by Crippen LogP contribution is 2.30. The molecule has 1 unspecified atom stereocenters. The number of benzene rings is 3. The van der Waals surface area contributed by atoms with Gasteiger partial charge in [0, 0.05) is 41.7 Å². The van der Waals surface area contributed by atoms with E-state index in [1.54, 1.807) is 24.3 Å². The van der Waals surface area contributed by atoms with Gasteiger partial charge in [0.2, 0.25) is 0 Å². The summed E-state index contributed by atoms with van der Waals surface area (Å²) in [5.74, 6) is 0.668. The molecule has 27 heavy (non-hydrogen) atoms. The van der Waals surface area contributed by atoms with Crippen LogP contribution >= 0.6 is 11.6 Å². The lowest BCUT2D eigenvalue weighted by molar-refractivity contribution is 0.0993. The third kappa shape index (κ3) is 4.23. The second-order valence-corrected chi connectivity index (χ2v) is 7.55. The Balaban J connectivity index is 1.39. The van der Waals surface area contributed by atoms with Crippen molar-refractivity contribution in [1.82, 2.24) is 0 Å². The molecule has 0 bridgehead atoms. The van der Waals surface area contributed by atoms with Gasteiger partial charge in [-0.25, -0.2) is 0 Å². The van der Waals surface area contributed by atoms with E-state index in [0.29, 0.717) is 22.9 Å². The average molecular weight is 376 g/mol. The minimum atomic E-state index is 0.121. The van der Waals surface area contributed by atoms with Gasteiger partial charge >= 0.3 is 0 Å². The molecule has 1 aliphatic heterocycles. The lowest BCUT2D eigenvalue weighted by Gasteiger charge is -2.18. The topological polar surface area (TPSA) is 20.3 Å². The molecular formula is C24H22ClNO. The summed E-state index contributed by atoms with van der Waals surface area (Å²) in [6.45, 7) is 2.14. The Morgan fingerprint density at radius 1 is 0.926 bits per heavy atom. The number of ketones is 1. The molecule has 1 fully saturated rings. The van der Waals surface area contributed by atoms with Crippen LogP contribution in [0.3, 0.4) is 0 Å². The van der Waals surface area contributed by atoms with Gasteiger partial charge in [-0.2, -0.15) is 0 Å². The predicted molar refractivity (Wildman–Crippen MR) is 112 cm³/mol. The normalized spacial score (nSPS) is 16.5. The average Bonchev–Trinajstić information content (AvgIpc) is 3.20. The van der Waals surface area contributed by atoms with Crippen molar-refractivity contribution >= 4 is 23.1 Å². The number of carbonyl (C=O) groups excluding carboxylic acids is 1. The Morgan fingerprint density at radius 3 is 2.33 bits per heavy atom. The number of halogens is 1. The zero-order valence-electron chi connectivity index (χ0n) is 15.1. The van der Waals surface area contributed by atoms with Crippen molar-refractivity contribution in [1.29, 1.82) is 0 Å². The first kappa shape index (κ1) is 17.8. The SMILES string of the molecule is O=C(Cc1ccc(C2CCN(c3ccccc3)C2)cc1)c1ccc(Cl)cc1. The van der Waals surface area contributed by atoms with Crippen LogP contribution in [0.1, 0.15) is 33.8 Å². The van der Waals surface area contributed by atoms with Crippen molar-refractivity contribution in [2.24, 2.45) is 0 Å². The van der Waals surface area contributed by atoms with Gasteiger partial charge in [0.1, 0.15) is 0 Å². The van der Waals surface area contributed by atoms with Crippen LogP contribution in [0.4, 0.5) is 5.69 Å². The van der Waals surface area contributed by atoms with Crippen LogP contribution in [0.5, 0.6) is 0 Å². The number of rotatable bonds is 5. The van der Waals surface area contributed by atoms with Gasteiger partial charge in [-0.15, -0.1) is 0 Å². The Morgan fingerprint density at radius 2 is 1.63 bits per heavy atom. The molecule has 1 atom stereocenters. The molecule has 4 rings (SSSR count). The molecule has 3 heteroatoms. The number of nitrogens with zero attached hydrogens (tertiary/aromatic N) is 1. The highest BCUT2D eigenvalue weighted by molar-refractivity contribution is 6.30. The van der Waals surface area contributed by atoms with Crippen LogP contribution in [-0.2, 0) is 6.42 Å². The fraction of sp³-hybridized carbons (Fsp3) is 0.208. The molecule has 0 N–H and O–H groups in total. The third-order valence-corrected chi connectivity index (χ3v) is 5.54. The van der Waals surface area contributed by atoms with Crippen LogP contribution in [0.2, 0.25) is 5.02 Å². The van der Waals surface area contributed by atoms with Crippen LogP contribution in [0.25, 0.3) is 0 Å². The van der Waals surface area contributed by atoms with Crippen molar-refractivity contribution in [3.63, 3.8) is 0 Å². The Hall–Kier alpha value is -2.58. The van der Waals surface area contributed by atoms with E-state index in [1.807, 2.05) is 0 Å². The molecule has 1 saturated heterocycles. The zero-order chi connectivity index (χ0) is 18.6. The van der Waals surface area contributed by atoms with Gasteiger partial charge in [0.05, 0.1) is 0 Å². The highest BCUT2D eigenvalue weighted by Gasteiger charge is 2.23. The molecule has 0 spiro atoms. The lowest BCUT2D eigenvalue weighted by atomic mass is 9.95. The number of Topliss-reactive ketones (excluding diaryl/α,β-unsaturated/α-hetero) is 1. The van der Waals surface area contributed by atoms with E-state index in [4.69, 9.17) is 11.6 Å². The third-order valence-electron chi connectivity index (χ3n) is 5.29. The second-order valence-electron chi connectivity index (χ2n) is 7.12. The first-order valence-electron chi connectivity index (χ1n) is 9.36. The van der Waals surface area contributed by atoms with E-state index in [1.165, 1.54) is 11.3 Å². The second kappa shape index (κ2) is 7.98. The zero-order valence-corrected chi connectivity index (χ0v) is 15.9. The van der Waals surface area contributed by atoms with Crippen molar-refractivity contribution in [2.75, 3.05) is 18.0 Å². The first-order valence-corrected chi connectivity index (χ1v) is 9.74. The summed E-state index contributed by atoms with van der Waals surface area (Å²) in [6.07, 6.45) is 1.58. The fourth-order valence-electron chi connectivity index (χ4n) is 3.74. The molecule has 0 radical (unpaired) electrons. The van der Waals surface area contributed by atoms with E-state index in [0.717, 1.165) is 25.1 Å². The number of anilines is 1. The standard InChI is InChI=1S/C24H22ClNO/c25-22-12-10-20(11-13-22)24(27)16-18-6-8-19(9-7-18)21-14-15-26(17-21)23-4-2-1-3-5-23/h1-13,21H,14-17H2. The van der Waals surface area contributed by atoms with Crippen LogP contribution < -0.4 is 4.90 Å². The summed E-state index contributed by atoms with van der Waals surface area (Å²) in [5.41, 5.74) is 4.41. The largest absolute Gasteiger partial charge is 0.371 e. The summed E-state index contributed by atoms with van der Waals surface area (Å²) < 4.78 is 0. The molecular weight excluding hydrogens is 354 g/mol. The molecule has 0 aliphatic carbocycles. The number of para-hydroxylation sites is 1. The molecule has 0 amide bonds. The fourth-order valence-corrected chi connectivity index (χ4v) is 3.86. The molecule has 136 valence electrons. The summed E-state index contributed by atoms with van der Waals surface area (Å²) in [4.78, 5) is 14.9.